The van der Waals surface area contributed by atoms with Crippen LogP contribution in [-0.2, 0) is 28.0 Å². The van der Waals surface area contributed by atoms with Gasteiger partial charge in [-0.15, -0.1) is 20.5 Å². The summed E-state index contributed by atoms with van der Waals surface area (Å²) in [6.07, 6.45) is 0.130. The maximum atomic E-state index is 11.0. The molecule has 208 valence electrons. The fraction of sp³-hybridized carbons (Fsp3) is 0.389. The van der Waals surface area contributed by atoms with Gasteiger partial charge in [0.15, 0.2) is 0 Å². The number of rotatable bonds is 8. The molecule has 2 aromatic rings. The quantitative estimate of drug-likeness (QED) is 0.203. The number of hydrogen-bond acceptors (Lipinski definition) is 14. The molecule has 0 aromatic heterocycles. The van der Waals surface area contributed by atoms with E-state index in [1.165, 1.54) is 5.48 Å². The van der Waals surface area contributed by atoms with E-state index < -0.39 is 26.4 Å². The number of amides is 1. The number of hydrogen-bond donors (Lipinski definition) is 4. The van der Waals surface area contributed by atoms with Gasteiger partial charge in [0.05, 0.1) is 6.42 Å². The molecule has 1 amide bonds. The Labute approximate surface area is 222 Å². The van der Waals surface area contributed by atoms with Gasteiger partial charge < -0.3 is 27.9 Å². The van der Waals surface area contributed by atoms with Crippen molar-refractivity contribution in [2.75, 3.05) is 39.3 Å². The van der Waals surface area contributed by atoms with Gasteiger partial charge in [-0.1, -0.05) is 42.5 Å². The summed E-state index contributed by atoms with van der Waals surface area (Å²) in [5, 5.41) is 12.3. The molecule has 7 N–H and O–H groups in total. The number of nitrogens with two attached hydrogens (primary N) is 3. The minimum atomic E-state index is -4.94. The molecule has 36 heavy (non-hydrogen) atoms. The van der Waals surface area contributed by atoms with E-state index in [9.17, 15) is 10.0 Å². The van der Waals surface area contributed by atoms with Crippen LogP contribution in [0.25, 0.3) is 10.8 Å². The summed E-state index contributed by atoms with van der Waals surface area (Å²) in [5.41, 5.74) is 18.4. The van der Waals surface area contributed by atoms with Gasteiger partial charge in [-0.2, -0.15) is 0 Å². The van der Waals surface area contributed by atoms with Crippen molar-refractivity contribution >= 4 is 16.7 Å². The number of nitrogens with one attached hydrogen (secondary N) is 1. The first kappa shape index (κ1) is 39.3. The van der Waals surface area contributed by atoms with Crippen molar-refractivity contribution in [1.29, 1.82) is 0 Å². The van der Waals surface area contributed by atoms with E-state index in [1.54, 1.807) is 0 Å². The van der Waals surface area contributed by atoms with Gasteiger partial charge in [0.25, 0.3) is 0 Å². The van der Waals surface area contributed by atoms with Crippen LogP contribution in [0, 0.1) is 25.7 Å². The third kappa shape index (κ3) is 27.3. The number of carbonyl (C=O) groups excluding carboxylic acids is 1. The van der Waals surface area contributed by atoms with E-state index in [-0.39, 0.29) is 23.2 Å². The molecule has 0 aliphatic carbocycles. The number of benzene rings is 2. The Kier molecular flexibility index (Phi) is 23.8. The zero-order valence-electron chi connectivity index (χ0n) is 18.8. The van der Waals surface area contributed by atoms with Crippen molar-refractivity contribution in [1.82, 2.24) is 10.4 Å². The molecule has 0 saturated carbocycles. The number of nitrogens with zero attached hydrogens (tertiary/aromatic N) is 1. The zero-order valence-corrected chi connectivity index (χ0v) is 21.4. The van der Waals surface area contributed by atoms with E-state index in [1.807, 2.05) is 42.5 Å². The average Bonchev–Trinajstić information content (AvgIpc) is 2.73. The van der Waals surface area contributed by atoms with Crippen molar-refractivity contribution < 1.29 is 79.3 Å². The Hall–Kier alpha value is -1.26. The summed E-state index contributed by atoms with van der Waals surface area (Å²) >= 11 is 0. The molecule has 0 atom stereocenters. The second-order valence-electron chi connectivity index (χ2n) is 6.30. The van der Waals surface area contributed by atoms with Crippen LogP contribution in [-0.4, -0.2) is 50.1 Å². The smallest absolute Gasteiger partial charge is 0.759 e. The van der Waals surface area contributed by atoms with Gasteiger partial charge >= 0.3 is 16.8 Å². The third-order valence-corrected chi connectivity index (χ3v) is 3.68. The van der Waals surface area contributed by atoms with E-state index >= 15 is 0 Å². The number of hydroxylamine groups is 1. The van der Waals surface area contributed by atoms with E-state index in [0.717, 1.165) is 36.0 Å². The summed E-state index contributed by atoms with van der Waals surface area (Å²) in [4.78, 5) is 13.2. The second kappa shape index (κ2) is 21.8. The molecule has 0 spiro atoms. The predicted octanol–water partition coefficient (Wildman–Crippen LogP) is -9.35. The Bertz CT molecular complexity index is 787. The van der Waals surface area contributed by atoms with Crippen LogP contribution in [0.15, 0.2) is 42.5 Å². The standard InChI is InChI=1S/C12H10NO2.C6H18N4.2ClHO4.Co/c14-12(13-15)8-10-6-3-5-9-4-1-2-7-11(9)10;7-1-4-10(5-2-8)6-3-9;2*2-1(3,4)5;/h1-7H,8H2,(H-,13,14,15);1-9H2;2*(H,2,3,4,5);/q-1;;;;+3/p-2. The maximum absolute atomic E-state index is 11.0. The molecule has 0 bridgehead atoms. The Morgan fingerprint density at radius 3 is 1.53 bits per heavy atom. The van der Waals surface area contributed by atoms with Crippen LogP contribution in [0.1, 0.15) is 5.56 Å². The zero-order chi connectivity index (χ0) is 27.5. The van der Waals surface area contributed by atoms with Crippen LogP contribution in [0.5, 0.6) is 0 Å². The maximum Gasteiger partial charge on any atom is 3.00 e. The van der Waals surface area contributed by atoms with Crippen LogP contribution < -0.4 is 60.0 Å². The fourth-order valence-corrected chi connectivity index (χ4v) is 2.54. The van der Waals surface area contributed by atoms with Crippen molar-refractivity contribution in [3.05, 3.63) is 53.2 Å². The molecule has 2 aromatic carbocycles. The molecule has 0 saturated heterocycles. The Morgan fingerprint density at radius 2 is 1.14 bits per heavy atom. The summed E-state index contributed by atoms with van der Waals surface area (Å²) in [6.45, 7) is 4.73. The molecule has 2 rings (SSSR count). The normalized spacial score (nSPS) is 10.6. The molecule has 15 nitrogen and oxygen atoms in total. The van der Waals surface area contributed by atoms with Gasteiger partial charge in [-0.3, -0.25) is 9.69 Å². The average molecular weight is 604 g/mol. The van der Waals surface area contributed by atoms with Crippen LogP contribution in [0.4, 0.5) is 0 Å². The van der Waals surface area contributed by atoms with E-state index in [0.29, 0.717) is 19.6 Å². The summed E-state index contributed by atoms with van der Waals surface area (Å²) < 4.78 is 67.9. The van der Waals surface area contributed by atoms with Crippen LogP contribution in [0.2, 0.25) is 0 Å². The van der Waals surface area contributed by atoms with Crippen molar-refractivity contribution in [2.24, 2.45) is 17.2 Å². The molecule has 0 heterocycles. The summed E-state index contributed by atoms with van der Waals surface area (Å²) in [7, 11) is -9.89. The number of halogens is 2. The molecule has 0 fully saturated rings. The predicted molar refractivity (Wildman–Crippen MR) is 103 cm³/mol. The monoisotopic (exact) mass is 603 g/mol. The fourth-order valence-electron chi connectivity index (χ4n) is 2.54. The first-order valence-electron chi connectivity index (χ1n) is 9.59. The van der Waals surface area contributed by atoms with Gasteiger partial charge in [0.1, 0.15) is 0 Å². The van der Waals surface area contributed by atoms with Gasteiger partial charge in [0.2, 0.25) is 5.91 Å². The van der Waals surface area contributed by atoms with Crippen molar-refractivity contribution in [2.45, 2.75) is 6.42 Å². The topological polar surface area (TPSA) is 318 Å². The van der Waals surface area contributed by atoms with Crippen LogP contribution in [0.3, 0.4) is 0 Å². The molecular formula is C18H28Cl2CoN5O10. The van der Waals surface area contributed by atoms with Gasteiger partial charge in [0, 0.05) is 39.3 Å². The first-order chi connectivity index (χ1) is 16.2. The number of carbonyl (C=O) groups is 1. The Balaban J connectivity index is -0.000000451. The summed E-state index contributed by atoms with van der Waals surface area (Å²) in [6, 6.07) is 13.5. The van der Waals surface area contributed by atoms with Crippen molar-refractivity contribution in [3.63, 3.8) is 0 Å². The van der Waals surface area contributed by atoms with E-state index in [4.69, 9.17) is 54.5 Å². The Morgan fingerprint density at radius 1 is 0.750 bits per heavy atom. The molecule has 0 aliphatic rings. The molecule has 0 aliphatic heterocycles. The third-order valence-electron chi connectivity index (χ3n) is 3.68. The summed E-state index contributed by atoms with van der Waals surface area (Å²) in [5.74, 6) is -0.508. The number of fused-ring (bicyclic) bond motifs is 1. The largest absolute Gasteiger partial charge is 3.00 e. The molecule has 18 heteroatoms. The molecular weight excluding hydrogens is 576 g/mol. The van der Waals surface area contributed by atoms with Gasteiger partial charge in [-0.05, 0) is 16.3 Å². The molecule has 0 radical (unpaired) electrons. The minimum absolute atomic E-state index is 0. The minimum Gasteiger partial charge on any atom is -0.759 e. The first-order valence-corrected chi connectivity index (χ1v) is 12.1. The SMILES string of the molecule is NCCN(CCN)CCN.O=C(Cc1cccc2ccccc12)N[O-].[Co+3].[O-][Cl+3]([O-])([O-])[O-].[O-][Cl+3]([O-])([O-])[O-]. The van der Waals surface area contributed by atoms with Crippen molar-refractivity contribution in [3.8, 4) is 0 Å². The molecule has 0 unspecified atom stereocenters. The van der Waals surface area contributed by atoms with E-state index in [2.05, 4.69) is 4.90 Å². The van der Waals surface area contributed by atoms with Gasteiger partial charge in [-0.25, -0.2) is 37.3 Å². The second-order valence-corrected chi connectivity index (χ2v) is 7.82. The van der Waals surface area contributed by atoms with Crippen LogP contribution >= 0.6 is 0 Å².